The summed E-state index contributed by atoms with van der Waals surface area (Å²) in [6, 6.07) is 3.89. The zero-order chi connectivity index (χ0) is 15.0. The second-order valence-corrected chi connectivity index (χ2v) is 5.48. The first-order valence-electron chi connectivity index (χ1n) is 7.03. The summed E-state index contributed by atoms with van der Waals surface area (Å²) >= 11 is 0. The van der Waals surface area contributed by atoms with Crippen LogP contribution in [-0.2, 0) is 11.3 Å². The van der Waals surface area contributed by atoms with Gasteiger partial charge in [0.25, 0.3) is 0 Å². The molecule has 0 spiro atoms. The van der Waals surface area contributed by atoms with Gasteiger partial charge in [-0.2, -0.15) is 0 Å². The molecule has 1 fully saturated rings. The fraction of sp³-hybridized carbons (Fsp3) is 0.533. The van der Waals surface area contributed by atoms with Crippen molar-refractivity contribution < 1.29 is 24.1 Å². The van der Waals surface area contributed by atoms with Gasteiger partial charge in [0.15, 0.2) is 11.5 Å². The van der Waals surface area contributed by atoms with Gasteiger partial charge in [0.05, 0.1) is 13.0 Å². The molecule has 1 aromatic rings. The minimum absolute atomic E-state index is 0.0268. The molecule has 114 valence electrons. The van der Waals surface area contributed by atoms with E-state index in [1.165, 1.54) is 0 Å². The Morgan fingerprint density at radius 1 is 1.48 bits per heavy atom. The molecule has 0 radical (unpaired) electrons. The summed E-state index contributed by atoms with van der Waals surface area (Å²) in [5, 5.41) is 9.19. The Balaban J connectivity index is 1.78. The molecular formula is C15H19NO5. The second kappa shape index (κ2) is 5.44. The van der Waals surface area contributed by atoms with Crippen molar-refractivity contribution in [2.45, 2.75) is 25.9 Å². The maximum Gasteiger partial charge on any atom is 0.308 e. The molecule has 2 aliphatic rings. The lowest BCUT2D eigenvalue weighted by atomic mass is 10.0. The highest BCUT2D eigenvalue weighted by Gasteiger charge is 2.35. The molecule has 2 aliphatic heterocycles. The smallest absolute Gasteiger partial charge is 0.308 e. The average molecular weight is 293 g/mol. The first-order valence-corrected chi connectivity index (χ1v) is 7.03. The standard InChI is InChI=1S/C15H19NO5/c1-9-11(15(17)18)3-4-16(9)7-10-5-12(19-2)14-13(6-10)20-8-21-14/h5-6,9,11H,3-4,7-8H2,1-2H3,(H,17,18). The van der Waals surface area contributed by atoms with Gasteiger partial charge in [-0.15, -0.1) is 0 Å². The number of likely N-dealkylation sites (tertiary alicyclic amines) is 1. The van der Waals surface area contributed by atoms with Crippen LogP contribution in [0.5, 0.6) is 17.2 Å². The number of fused-ring (bicyclic) bond motifs is 1. The van der Waals surface area contributed by atoms with E-state index in [9.17, 15) is 9.90 Å². The number of carboxylic acid groups (broad SMARTS) is 1. The lowest BCUT2D eigenvalue weighted by Crippen LogP contribution is -2.32. The van der Waals surface area contributed by atoms with Crippen molar-refractivity contribution in [3.63, 3.8) is 0 Å². The minimum atomic E-state index is -0.715. The van der Waals surface area contributed by atoms with Gasteiger partial charge in [-0.1, -0.05) is 0 Å². The molecule has 1 aromatic carbocycles. The zero-order valence-corrected chi connectivity index (χ0v) is 12.2. The fourth-order valence-corrected chi connectivity index (χ4v) is 3.07. The molecule has 2 heterocycles. The van der Waals surface area contributed by atoms with E-state index in [0.717, 1.165) is 12.1 Å². The number of carbonyl (C=O) groups is 1. The molecule has 0 saturated carbocycles. The number of aliphatic carboxylic acids is 1. The van der Waals surface area contributed by atoms with Crippen LogP contribution in [-0.4, -0.2) is 42.5 Å². The molecule has 0 aromatic heterocycles. The molecule has 21 heavy (non-hydrogen) atoms. The Morgan fingerprint density at radius 3 is 2.95 bits per heavy atom. The summed E-state index contributed by atoms with van der Waals surface area (Å²) < 4.78 is 16.1. The van der Waals surface area contributed by atoms with Gasteiger partial charge in [0.2, 0.25) is 12.5 Å². The van der Waals surface area contributed by atoms with E-state index in [2.05, 4.69) is 4.90 Å². The number of benzene rings is 1. The number of nitrogens with zero attached hydrogens (tertiary/aromatic N) is 1. The maximum absolute atomic E-state index is 11.2. The first-order chi connectivity index (χ1) is 10.1. The Kier molecular flexibility index (Phi) is 3.63. The molecule has 2 atom stereocenters. The Hall–Kier alpha value is -1.95. The fourth-order valence-electron chi connectivity index (χ4n) is 3.07. The molecule has 0 bridgehead atoms. The number of methoxy groups -OCH3 is 1. The van der Waals surface area contributed by atoms with Crippen molar-refractivity contribution in [2.24, 2.45) is 5.92 Å². The van der Waals surface area contributed by atoms with Crippen molar-refractivity contribution in [2.75, 3.05) is 20.4 Å². The van der Waals surface area contributed by atoms with Crippen molar-refractivity contribution in [3.05, 3.63) is 17.7 Å². The third-order valence-electron chi connectivity index (χ3n) is 4.31. The quantitative estimate of drug-likeness (QED) is 0.911. The van der Waals surface area contributed by atoms with Gasteiger partial charge in [-0.05, 0) is 37.6 Å². The van der Waals surface area contributed by atoms with Crippen LogP contribution in [0.25, 0.3) is 0 Å². The van der Waals surface area contributed by atoms with E-state index in [1.807, 2.05) is 19.1 Å². The Labute approximate surface area is 123 Å². The van der Waals surface area contributed by atoms with Crippen LogP contribution in [0, 0.1) is 5.92 Å². The highest BCUT2D eigenvalue weighted by molar-refractivity contribution is 5.71. The van der Waals surface area contributed by atoms with Crippen molar-refractivity contribution in [1.29, 1.82) is 0 Å². The van der Waals surface area contributed by atoms with Crippen molar-refractivity contribution in [3.8, 4) is 17.2 Å². The van der Waals surface area contributed by atoms with E-state index in [-0.39, 0.29) is 18.8 Å². The third-order valence-corrected chi connectivity index (χ3v) is 4.31. The molecular weight excluding hydrogens is 274 g/mol. The van der Waals surface area contributed by atoms with E-state index in [4.69, 9.17) is 14.2 Å². The first kappa shape index (κ1) is 14.0. The lowest BCUT2D eigenvalue weighted by molar-refractivity contribution is -0.142. The second-order valence-electron chi connectivity index (χ2n) is 5.48. The molecule has 6 nitrogen and oxygen atoms in total. The molecule has 3 rings (SSSR count). The van der Waals surface area contributed by atoms with Crippen molar-refractivity contribution >= 4 is 5.97 Å². The summed E-state index contributed by atoms with van der Waals surface area (Å²) in [6.45, 7) is 3.64. The van der Waals surface area contributed by atoms with E-state index in [1.54, 1.807) is 7.11 Å². The van der Waals surface area contributed by atoms with Crippen LogP contribution >= 0.6 is 0 Å². The van der Waals surface area contributed by atoms with Gasteiger partial charge < -0.3 is 19.3 Å². The number of carboxylic acids is 1. The summed E-state index contributed by atoms with van der Waals surface area (Å²) in [5.74, 6) is 0.973. The normalized spacial score (nSPS) is 24.3. The molecule has 1 N–H and O–H groups in total. The van der Waals surface area contributed by atoms with Crippen LogP contribution in [0.15, 0.2) is 12.1 Å². The van der Waals surface area contributed by atoms with Gasteiger partial charge in [-0.25, -0.2) is 0 Å². The predicted molar refractivity (Wildman–Crippen MR) is 74.7 cm³/mol. The van der Waals surface area contributed by atoms with E-state index < -0.39 is 5.97 Å². The highest BCUT2D eigenvalue weighted by atomic mass is 16.7. The third kappa shape index (κ3) is 2.51. The average Bonchev–Trinajstić information content (AvgIpc) is 3.05. The summed E-state index contributed by atoms with van der Waals surface area (Å²) in [6.07, 6.45) is 0.693. The molecule has 2 unspecified atom stereocenters. The monoisotopic (exact) mass is 293 g/mol. The lowest BCUT2D eigenvalue weighted by Gasteiger charge is -2.23. The molecule has 0 amide bonds. The molecule has 6 heteroatoms. The van der Waals surface area contributed by atoms with Gasteiger partial charge in [0.1, 0.15) is 0 Å². The SMILES string of the molecule is COc1cc(CN2CCC(C(=O)O)C2C)cc2c1OCO2. The van der Waals surface area contributed by atoms with Gasteiger partial charge in [-0.3, -0.25) is 9.69 Å². The number of hydrogen-bond acceptors (Lipinski definition) is 5. The predicted octanol–water partition coefficient (Wildman–Crippen LogP) is 1.72. The summed E-state index contributed by atoms with van der Waals surface area (Å²) in [7, 11) is 1.60. The maximum atomic E-state index is 11.2. The topological polar surface area (TPSA) is 68.2 Å². The van der Waals surface area contributed by atoms with Crippen LogP contribution in [0.3, 0.4) is 0 Å². The van der Waals surface area contributed by atoms with Crippen LogP contribution in [0.2, 0.25) is 0 Å². The zero-order valence-electron chi connectivity index (χ0n) is 12.2. The van der Waals surface area contributed by atoms with E-state index >= 15 is 0 Å². The summed E-state index contributed by atoms with van der Waals surface area (Å²) in [4.78, 5) is 13.4. The van der Waals surface area contributed by atoms with Gasteiger partial charge >= 0.3 is 5.97 Å². The summed E-state index contributed by atoms with van der Waals surface area (Å²) in [5.41, 5.74) is 1.04. The van der Waals surface area contributed by atoms with Crippen LogP contribution in [0.4, 0.5) is 0 Å². The molecule has 1 saturated heterocycles. The number of hydrogen-bond donors (Lipinski definition) is 1. The van der Waals surface area contributed by atoms with Crippen molar-refractivity contribution in [1.82, 2.24) is 4.90 Å². The van der Waals surface area contributed by atoms with Crippen LogP contribution in [0.1, 0.15) is 18.9 Å². The Morgan fingerprint density at radius 2 is 2.29 bits per heavy atom. The number of ether oxygens (including phenoxy) is 3. The highest BCUT2D eigenvalue weighted by Crippen LogP contribution is 2.42. The minimum Gasteiger partial charge on any atom is -0.493 e. The molecule has 0 aliphatic carbocycles. The van der Waals surface area contributed by atoms with Gasteiger partial charge in [0, 0.05) is 12.6 Å². The Bertz CT molecular complexity index is 559. The number of rotatable bonds is 4. The largest absolute Gasteiger partial charge is 0.493 e. The van der Waals surface area contributed by atoms with Crippen LogP contribution < -0.4 is 14.2 Å². The van der Waals surface area contributed by atoms with E-state index in [0.29, 0.717) is 30.2 Å².